The molecule has 0 radical (unpaired) electrons. The molecule has 34 heavy (non-hydrogen) atoms. The molecule has 0 unspecified atom stereocenters. The number of carbonyl (C=O) groups excluding carboxylic acids is 1. The maximum absolute atomic E-state index is 15.1. The van der Waals surface area contributed by atoms with Crippen LogP contribution < -0.4 is 4.90 Å². The standard InChI is InChI=1S/C23H30BrClFN5O2S/c1-7-9-11-31(14-10-12-30(13(14)3)22(32)33-23(4,5)6)20-15-17(27-21(29-20)34-8-2)16(26)19(25)28-18(15)24/h7,13-14H,1,8-12H2,2-6H3/t13-,14-/m1/s1. The lowest BCUT2D eigenvalue weighted by atomic mass is 10.1. The van der Waals surface area contributed by atoms with E-state index in [0.717, 1.165) is 5.75 Å². The van der Waals surface area contributed by atoms with Gasteiger partial charge < -0.3 is 14.5 Å². The van der Waals surface area contributed by atoms with Gasteiger partial charge in [0, 0.05) is 13.1 Å². The van der Waals surface area contributed by atoms with Crippen molar-refractivity contribution in [2.75, 3.05) is 23.7 Å². The van der Waals surface area contributed by atoms with Crippen molar-refractivity contribution in [2.24, 2.45) is 0 Å². The van der Waals surface area contributed by atoms with Crippen LogP contribution >= 0.6 is 39.3 Å². The van der Waals surface area contributed by atoms with Crippen molar-refractivity contribution in [1.82, 2.24) is 19.9 Å². The third kappa shape index (κ3) is 5.76. The van der Waals surface area contributed by atoms with Gasteiger partial charge in [0.05, 0.1) is 17.5 Å². The minimum Gasteiger partial charge on any atom is -0.444 e. The molecule has 2 aromatic rings. The summed E-state index contributed by atoms with van der Waals surface area (Å²) < 4.78 is 21.0. The van der Waals surface area contributed by atoms with Crippen LogP contribution in [-0.4, -0.2) is 62.5 Å². The Morgan fingerprint density at radius 1 is 1.41 bits per heavy atom. The number of hydrogen-bond acceptors (Lipinski definition) is 7. The molecule has 0 N–H and O–H groups in total. The molecule has 186 valence electrons. The Bertz CT molecular complexity index is 1080. The molecule has 0 bridgehead atoms. The van der Waals surface area contributed by atoms with Gasteiger partial charge in [-0.25, -0.2) is 24.1 Å². The normalized spacial score (nSPS) is 18.4. The summed E-state index contributed by atoms with van der Waals surface area (Å²) in [6.07, 6.45) is 2.87. The lowest BCUT2D eigenvalue weighted by Crippen LogP contribution is -2.47. The van der Waals surface area contributed by atoms with Crippen molar-refractivity contribution in [2.45, 2.75) is 70.3 Å². The Morgan fingerprint density at radius 2 is 2.12 bits per heavy atom. The zero-order valence-corrected chi connectivity index (χ0v) is 23.2. The molecule has 7 nitrogen and oxygen atoms in total. The van der Waals surface area contributed by atoms with Crippen molar-refractivity contribution in [1.29, 1.82) is 0 Å². The fraction of sp³-hybridized carbons (Fsp3) is 0.565. The van der Waals surface area contributed by atoms with E-state index in [1.54, 1.807) is 4.90 Å². The van der Waals surface area contributed by atoms with Crippen LogP contribution in [0.4, 0.5) is 15.0 Å². The minimum absolute atomic E-state index is 0.0734. The number of fused-ring (bicyclic) bond motifs is 1. The second kappa shape index (κ2) is 11.0. The van der Waals surface area contributed by atoms with Gasteiger partial charge in [0.15, 0.2) is 16.1 Å². The number of nitrogens with zero attached hydrogens (tertiary/aromatic N) is 5. The molecule has 1 aliphatic heterocycles. The predicted octanol–water partition coefficient (Wildman–Crippen LogP) is 6.47. The van der Waals surface area contributed by atoms with E-state index in [-0.39, 0.29) is 28.8 Å². The summed E-state index contributed by atoms with van der Waals surface area (Å²) in [5.41, 5.74) is -0.467. The number of ether oxygens (including phenoxy) is 1. The van der Waals surface area contributed by atoms with Crippen LogP contribution in [-0.2, 0) is 4.74 Å². The number of carbonyl (C=O) groups is 1. The van der Waals surface area contributed by atoms with Crippen molar-refractivity contribution in [3.63, 3.8) is 0 Å². The van der Waals surface area contributed by atoms with Crippen LogP contribution in [0.1, 0.15) is 47.5 Å². The molecule has 1 aliphatic rings. The van der Waals surface area contributed by atoms with Crippen molar-refractivity contribution in [3.8, 4) is 0 Å². The molecular weight excluding hydrogens is 545 g/mol. The van der Waals surface area contributed by atoms with E-state index in [4.69, 9.17) is 21.3 Å². The van der Waals surface area contributed by atoms with E-state index in [2.05, 4.69) is 37.4 Å². The summed E-state index contributed by atoms with van der Waals surface area (Å²) in [4.78, 5) is 30.1. The van der Waals surface area contributed by atoms with Gasteiger partial charge in [-0.05, 0) is 62.2 Å². The van der Waals surface area contributed by atoms with Crippen LogP contribution in [0.2, 0.25) is 5.15 Å². The number of pyridine rings is 1. The van der Waals surface area contributed by atoms with Gasteiger partial charge in [-0.3, -0.25) is 0 Å². The highest BCUT2D eigenvalue weighted by molar-refractivity contribution is 9.10. The minimum atomic E-state index is -0.681. The molecular formula is C23H30BrClFN5O2S. The smallest absolute Gasteiger partial charge is 0.410 e. The molecule has 2 atom stereocenters. The Balaban J connectivity index is 2.11. The Kier molecular flexibility index (Phi) is 8.68. The summed E-state index contributed by atoms with van der Waals surface area (Å²) in [5, 5.41) is 0.658. The van der Waals surface area contributed by atoms with E-state index in [1.807, 2.05) is 40.7 Å². The third-order valence-electron chi connectivity index (χ3n) is 5.52. The predicted molar refractivity (Wildman–Crippen MR) is 139 cm³/mol. The van der Waals surface area contributed by atoms with Crippen molar-refractivity contribution >= 4 is 62.1 Å². The van der Waals surface area contributed by atoms with E-state index in [1.165, 1.54) is 11.8 Å². The molecule has 1 saturated heterocycles. The number of rotatable bonds is 7. The van der Waals surface area contributed by atoms with Crippen LogP contribution in [0.25, 0.3) is 10.9 Å². The molecule has 3 rings (SSSR count). The van der Waals surface area contributed by atoms with Gasteiger partial charge in [0.2, 0.25) is 0 Å². The maximum atomic E-state index is 15.1. The summed E-state index contributed by atoms with van der Waals surface area (Å²) >= 11 is 10.9. The van der Waals surface area contributed by atoms with Crippen molar-refractivity contribution < 1.29 is 13.9 Å². The SMILES string of the molecule is C=CCCN(c1nc(SCC)nc2c(F)c(Cl)nc(Br)c12)[C@@H]1CCN(C(=O)OC(C)(C)C)[C@@H]1C. The fourth-order valence-corrected chi connectivity index (χ4v) is 5.43. The fourth-order valence-electron chi connectivity index (χ4n) is 4.05. The van der Waals surface area contributed by atoms with E-state index >= 15 is 4.39 Å². The molecule has 3 heterocycles. The van der Waals surface area contributed by atoms with Gasteiger partial charge in [0.25, 0.3) is 0 Å². The molecule has 0 aliphatic carbocycles. The lowest BCUT2D eigenvalue weighted by molar-refractivity contribution is 0.0233. The first kappa shape index (κ1) is 26.9. The van der Waals surface area contributed by atoms with Gasteiger partial charge >= 0.3 is 6.09 Å². The summed E-state index contributed by atoms with van der Waals surface area (Å²) in [7, 11) is 0. The second-order valence-electron chi connectivity index (χ2n) is 9.03. The highest BCUT2D eigenvalue weighted by atomic mass is 79.9. The quantitative estimate of drug-likeness (QED) is 0.162. The highest BCUT2D eigenvalue weighted by Crippen LogP contribution is 2.38. The van der Waals surface area contributed by atoms with Gasteiger partial charge in [-0.15, -0.1) is 6.58 Å². The molecule has 0 saturated carbocycles. The Morgan fingerprint density at radius 3 is 2.74 bits per heavy atom. The zero-order chi connectivity index (χ0) is 25.2. The van der Waals surface area contributed by atoms with Gasteiger partial charge in [0.1, 0.15) is 21.5 Å². The highest BCUT2D eigenvalue weighted by Gasteiger charge is 2.40. The topological polar surface area (TPSA) is 71.5 Å². The van der Waals surface area contributed by atoms with Gasteiger partial charge in [-0.1, -0.05) is 36.4 Å². The van der Waals surface area contributed by atoms with Crippen LogP contribution in [0.5, 0.6) is 0 Å². The van der Waals surface area contributed by atoms with Crippen LogP contribution in [0.3, 0.4) is 0 Å². The van der Waals surface area contributed by atoms with Crippen LogP contribution in [0, 0.1) is 5.82 Å². The molecule has 0 spiro atoms. The van der Waals surface area contributed by atoms with Crippen molar-refractivity contribution in [3.05, 3.63) is 28.2 Å². The molecule has 1 fully saturated rings. The van der Waals surface area contributed by atoms with E-state index < -0.39 is 11.4 Å². The summed E-state index contributed by atoms with van der Waals surface area (Å²) in [6, 6.07) is -0.230. The first-order valence-electron chi connectivity index (χ1n) is 11.2. The number of anilines is 1. The number of hydrogen-bond donors (Lipinski definition) is 0. The summed E-state index contributed by atoms with van der Waals surface area (Å²) in [5.74, 6) is 0.603. The number of amides is 1. The number of aromatic nitrogens is 3. The number of likely N-dealkylation sites (tertiary alicyclic amines) is 1. The summed E-state index contributed by atoms with van der Waals surface area (Å²) in [6.45, 7) is 14.5. The molecule has 1 amide bonds. The largest absolute Gasteiger partial charge is 0.444 e. The zero-order valence-electron chi connectivity index (χ0n) is 20.1. The first-order valence-corrected chi connectivity index (χ1v) is 13.4. The lowest BCUT2D eigenvalue weighted by Gasteiger charge is -2.35. The van der Waals surface area contributed by atoms with E-state index in [0.29, 0.717) is 46.9 Å². The average Bonchev–Trinajstić information content (AvgIpc) is 3.12. The Hall–Kier alpha value is -1.65. The van der Waals surface area contributed by atoms with Gasteiger partial charge in [-0.2, -0.15) is 0 Å². The monoisotopic (exact) mass is 573 g/mol. The molecule has 11 heteroatoms. The number of thioether (sulfide) groups is 1. The van der Waals surface area contributed by atoms with Crippen LogP contribution in [0.15, 0.2) is 22.4 Å². The Labute approximate surface area is 217 Å². The second-order valence-corrected chi connectivity index (χ2v) is 11.4. The average molecular weight is 575 g/mol. The maximum Gasteiger partial charge on any atom is 0.410 e. The first-order chi connectivity index (χ1) is 16.0. The molecule has 2 aromatic heterocycles. The molecule has 0 aromatic carbocycles. The third-order valence-corrected chi connectivity index (χ3v) is 7.08. The van der Waals surface area contributed by atoms with E-state index in [9.17, 15) is 4.79 Å². The number of halogens is 3.